The second kappa shape index (κ2) is 5.86. The predicted molar refractivity (Wildman–Crippen MR) is 85.0 cm³/mol. The van der Waals surface area contributed by atoms with Crippen LogP contribution in [-0.2, 0) is 12.4 Å². The van der Waals surface area contributed by atoms with Gasteiger partial charge in [-0.25, -0.2) is 9.37 Å². The van der Waals surface area contributed by atoms with Gasteiger partial charge >= 0.3 is 0 Å². The SMILES string of the molecule is CCCn1c(-c2ccc(CCl)cc2)nc2cc(F)ccc21. The fourth-order valence-electron chi connectivity index (χ4n) is 2.52. The van der Waals surface area contributed by atoms with Crippen LogP contribution in [0.3, 0.4) is 0 Å². The standard InChI is InChI=1S/C17H16ClFN2/c1-2-9-21-16-8-7-14(19)10-15(16)20-17(21)13-5-3-12(11-18)4-6-13/h3-8,10H,2,9,11H2,1H3. The zero-order chi connectivity index (χ0) is 14.8. The third-order valence-corrected chi connectivity index (χ3v) is 3.83. The van der Waals surface area contributed by atoms with Gasteiger partial charge in [0.05, 0.1) is 11.0 Å². The van der Waals surface area contributed by atoms with Gasteiger partial charge in [0.2, 0.25) is 0 Å². The van der Waals surface area contributed by atoms with Gasteiger partial charge in [-0.15, -0.1) is 11.6 Å². The Morgan fingerprint density at radius 1 is 1.14 bits per heavy atom. The van der Waals surface area contributed by atoms with E-state index in [0.29, 0.717) is 11.4 Å². The highest BCUT2D eigenvalue weighted by Gasteiger charge is 2.12. The molecule has 0 unspecified atom stereocenters. The molecule has 1 aromatic heterocycles. The third-order valence-electron chi connectivity index (χ3n) is 3.52. The molecule has 0 N–H and O–H groups in total. The van der Waals surface area contributed by atoms with Gasteiger partial charge < -0.3 is 4.57 Å². The lowest BCUT2D eigenvalue weighted by atomic mass is 10.1. The van der Waals surface area contributed by atoms with Crippen LogP contribution in [0.15, 0.2) is 42.5 Å². The van der Waals surface area contributed by atoms with Crippen molar-refractivity contribution in [3.63, 3.8) is 0 Å². The summed E-state index contributed by atoms with van der Waals surface area (Å²) >= 11 is 5.83. The lowest BCUT2D eigenvalue weighted by Gasteiger charge is -2.08. The quantitative estimate of drug-likeness (QED) is 0.621. The molecule has 3 aromatic rings. The van der Waals surface area contributed by atoms with Crippen molar-refractivity contribution >= 4 is 22.6 Å². The van der Waals surface area contributed by atoms with E-state index in [1.165, 1.54) is 12.1 Å². The average Bonchev–Trinajstić information content (AvgIpc) is 2.85. The van der Waals surface area contributed by atoms with E-state index < -0.39 is 0 Å². The number of hydrogen-bond donors (Lipinski definition) is 0. The van der Waals surface area contributed by atoms with E-state index in [1.54, 1.807) is 6.07 Å². The summed E-state index contributed by atoms with van der Waals surface area (Å²) in [5.41, 5.74) is 3.76. The monoisotopic (exact) mass is 302 g/mol. The number of rotatable bonds is 4. The van der Waals surface area contributed by atoms with E-state index in [9.17, 15) is 4.39 Å². The zero-order valence-corrected chi connectivity index (χ0v) is 12.6. The van der Waals surface area contributed by atoms with E-state index in [1.807, 2.05) is 24.3 Å². The molecule has 0 amide bonds. The molecule has 1 heterocycles. The fraction of sp³-hybridized carbons (Fsp3) is 0.235. The van der Waals surface area contributed by atoms with Crippen molar-refractivity contribution in [2.75, 3.05) is 0 Å². The molecule has 21 heavy (non-hydrogen) atoms. The summed E-state index contributed by atoms with van der Waals surface area (Å²) in [6.45, 7) is 2.98. The molecule has 2 nitrogen and oxygen atoms in total. The van der Waals surface area contributed by atoms with E-state index in [4.69, 9.17) is 11.6 Å². The van der Waals surface area contributed by atoms with E-state index in [0.717, 1.165) is 35.4 Å². The van der Waals surface area contributed by atoms with Crippen LogP contribution >= 0.6 is 11.6 Å². The van der Waals surface area contributed by atoms with Crippen LogP contribution in [0, 0.1) is 5.82 Å². The molecule has 0 saturated carbocycles. The van der Waals surface area contributed by atoms with Crippen molar-refractivity contribution in [3.05, 3.63) is 53.8 Å². The summed E-state index contributed by atoms with van der Waals surface area (Å²) in [7, 11) is 0. The van der Waals surface area contributed by atoms with Gasteiger partial charge in [0.15, 0.2) is 0 Å². The van der Waals surface area contributed by atoms with Gasteiger partial charge in [-0.3, -0.25) is 0 Å². The lowest BCUT2D eigenvalue weighted by Crippen LogP contribution is -1.99. The molecular weight excluding hydrogens is 287 g/mol. The lowest BCUT2D eigenvalue weighted by molar-refractivity contribution is 0.629. The summed E-state index contributed by atoms with van der Waals surface area (Å²) in [6, 6.07) is 12.8. The van der Waals surface area contributed by atoms with E-state index >= 15 is 0 Å². The van der Waals surface area contributed by atoms with Crippen molar-refractivity contribution in [1.29, 1.82) is 0 Å². The average molecular weight is 303 g/mol. The summed E-state index contributed by atoms with van der Waals surface area (Å²) in [5.74, 6) is 1.11. The predicted octanol–water partition coefficient (Wildman–Crippen LogP) is 4.99. The van der Waals surface area contributed by atoms with Gasteiger partial charge in [0.1, 0.15) is 11.6 Å². The Hall–Kier alpha value is -1.87. The fourth-order valence-corrected chi connectivity index (χ4v) is 2.69. The first-order valence-corrected chi connectivity index (χ1v) is 7.57. The highest BCUT2D eigenvalue weighted by molar-refractivity contribution is 6.17. The zero-order valence-electron chi connectivity index (χ0n) is 11.8. The first-order valence-electron chi connectivity index (χ1n) is 7.04. The van der Waals surface area contributed by atoms with E-state index in [-0.39, 0.29) is 5.82 Å². The van der Waals surface area contributed by atoms with Crippen molar-refractivity contribution < 1.29 is 4.39 Å². The highest BCUT2D eigenvalue weighted by atomic mass is 35.5. The summed E-state index contributed by atoms with van der Waals surface area (Å²) in [5, 5.41) is 0. The smallest absolute Gasteiger partial charge is 0.141 e. The topological polar surface area (TPSA) is 17.8 Å². The van der Waals surface area contributed by atoms with Crippen molar-refractivity contribution in [3.8, 4) is 11.4 Å². The Balaban J connectivity index is 2.17. The molecule has 0 aliphatic carbocycles. The molecule has 2 aromatic carbocycles. The Bertz CT molecular complexity index is 762. The number of benzene rings is 2. The molecule has 3 rings (SSSR count). The normalized spacial score (nSPS) is 11.2. The summed E-state index contributed by atoms with van der Waals surface area (Å²) in [4.78, 5) is 4.61. The van der Waals surface area contributed by atoms with Crippen LogP contribution in [0.2, 0.25) is 0 Å². The van der Waals surface area contributed by atoms with Crippen LogP contribution in [0.5, 0.6) is 0 Å². The molecule has 0 atom stereocenters. The first kappa shape index (κ1) is 14.1. The minimum Gasteiger partial charge on any atom is -0.324 e. The number of hydrogen-bond acceptors (Lipinski definition) is 1. The Morgan fingerprint density at radius 2 is 1.90 bits per heavy atom. The van der Waals surface area contributed by atoms with Crippen molar-refractivity contribution in [1.82, 2.24) is 9.55 Å². The van der Waals surface area contributed by atoms with Crippen LogP contribution in [-0.4, -0.2) is 9.55 Å². The third kappa shape index (κ3) is 2.66. The number of aryl methyl sites for hydroxylation is 1. The van der Waals surface area contributed by atoms with Crippen LogP contribution in [0.4, 0.5) is 4.39 Å². The number of halogens is 2. The first-order chi connectivity index (χ1) is 10.2. The van der Waals surface area contributed by atoms with Crippen LogP contribution in [0.1, 0.15) is 18.9 Å². The van der Waals surface area contributed by atoms with E-state index in [2.05, 4.69) is 16.5 Å². The molecular formula is C17H16ClFN2. The Labute approximate surface area is 128 Å². The minimum atomic E-state index is -0.257. The van der Waals surface area contributed by atoms with Gasteiger partial charge in [-0.1, -0.05) is 31.2 Å². The number of nitrogens with zero attached hydrogens (tertiary/aromatic N) is 2. The maximum absolute atomic E-state index is 13.4. The number of fused-ring (bicyclic) bond motifs is 1. The summed E-state index contributed by atoms with van der Waals surface area (Å²) < 4.78 is 15.5. The largest absolute Gasteiger partial charge is 0.324 e. The Kier molecular flexibility index (Phi) is 3.93. The van der Waals surface area contributed by atoms with Crippen molar-refractivity contribution in [2.24, 2.45) is 0 Å². The molecule has 108 valence electrons. The van der Waals surface area contributed by atoms with Crippen molar-refractivity contribution in [2.45, 2.75) is 25.8 Å². The number of aromatic nitrogens is 2. The molecule has 4 heteroatoms. The number of alkyl halides is 1. The molecule has 0 saturated heterocycles. The second-order valence-corrected chi connectivity index (χ2v) is 5.32. The maximum atomic E-state index is 13.4. The molecule has 0 radical (unpaired) electrons. The molecule has 0 spiro atoms. The highest BCUT2D eigenvalue weighted by Crippen LogP contribution is 2.26. The van der Waals surface area contributed by atoms with Gasteiger partial charge in [-0.05, 0) is 24.1 Å². The maximum Gasteiger partial charge on any atom is 0.141 e. The molecule has 0 aliphatic rings. The van der Waals surface area contributed by atoms with Crippen LogP contribution < -0.4 is 0 Å². The molecule has 0 aliphatic heterocycles. The summed E-state index contributed by atoms with van der Waals surface area (Å²) in [6.07, 6.45) is 0.996. The molecule has 0 bridgehead atoms. The van der Waals surface area contributed by atoms with Crippen LogP contribution in [0.25, 0.3) is 22.4 Å². The van der Waals surface area contributed by atoms with Gasteiger partial charge in [0.25, 0.3) is 0 Å². The number of imidazole rings is 1. The van der Waals surface area contributed by atoms with Gasteiger partial charge in [0, 0.05) is 24.1 Å². The van der Waals surface area contributed by atoms with Gasteiger partial charge in [-0.2, -0.15) is 0 Å². The second-order valence-electron chi connectivity index (χ2n) is 5.05. The minimum absolute atomic E-state index is 0.257. The Morgan fingerprint density at radius 3 is 2.57 bits per heavy atom. The molecule has 0 fully saturated rings.